The number of nitrogens with zero attached hydrogens (tertiary/aromatic N) is 1. The van der Waals surface area contributed by atoms with Crippen LogP contribution >= 0.6 is 0 Å². The number of fused-ring (bicyclic) bond motifs is 2. The number of ether oxygens (including phenoxy) is 2. The molecule has 2 unspecified atom stereocenters. The third-order valence-corrected chi connectivity index (χ3v) is 5.08. The van der Waals surface area contributed by atoms with Crippen LogP contribution in [0.4, 0.5) is 0 Å². The molecule has 132 valence electrons. The maximum absolute atomic E-state index is 12.0. The van der Waals surface area contributed by atoms with Gasteiger partial charge in [0.25, 0.3) is 5.91 Å². The van der Waals surface area contributed by atoms with Crippen molar-refractivity contribution in [2.75, 3.05) is 20.3 Å². The lowest BCUT2D eigenvalue weighted by atomic mass is 9.68. The maximum atomic E-state index is 12.0. The van der Waals surface area contributed by atoms with Crippen LogP contribution in [0.15, 0.2) is 10.9 Å². The predicted molar refractivity (Wildman–Crippen MR) is 88.1 cm³/mol. The first-order chi connectivity index (χ1) is 11.6. The van der Waals surface area contributed by atoms with Crippen molar-refractivity contribution in [2.24, 2.45) is 17.8 Å². The zero-order valence-corrected chi connectivity index (χ0v) is 14.0. The highest BCUT2D eigenvalue weighted by molar-refractivity contribution is 5.77. The molecule has 24 heavy (non-hydrogen) atoms. The molecule has 0 saturated heterocycles. The number of amides is 1. The zero-order chi connectivity index (χ0) is 16.9. The molecular weight excluding hydrogens is 310 g/mol. The first-order valence-corrected chi connectivity index (χ1v) is 8.67. The predicted octanol–water partition coefficient (Wildman–Crippen LogP) is 1.49. The number of rotatable bonds is 6. The molecule has 0 aromatic carbocycles. The van der Waals surface area contributed by atoms with Crippen LogP contribution in [0.3, 0.4) is 0 Å². The quantitative estimate of drug-likeness (QED) is 0.821. The molecule has 7 nitrogen and oxygen atoms in total. The molecule has 2 aliphatic rings. The molecule has 0 aliphatic heterocycles. The summed E-state index contributed by atoms with van der Waals surface area (Å²) >= 11 is 0. The fourth-order valence-corrected chi connectivity index (χ4v) is 4.08. The van der Waals surface area contributed by atoms with Gasteiger partial charge in [-0.25, -0.2) is 4.79 Å². The molecule has 2 bridgehead atoms. The molecule has 0 radical (unpaired) electrons. The average molecular weight is 335 g/mol. The third-order valence-electron chi connectivity index (χ3n) is 5.08. The van der Waals surface area contributed by atoms with E-state index in [1.54, 1.807) is 0 Å². The van der Waals surface area contributed by atoms with Crippen molar-refractivity contribution in [3.63, 3.8) is 0 Å². The maximum Gasteiger partial charge on any atom is 0.351 e. The summed E-state index contributed by atoms with van der Waals surface area (Å²) in [6.45, 7) is 0.556. The van der Waals surface area contributed by atoms with Crippen LogP contribution in [0.25, 0.3) is 0 Å². The smallest absolute Gasteiger partial charge is 0.351 e. The summed E-state index contributed by atoms with van der Waals surface area (Å²) in [4.78, 5) is 29.3. The molecule has 1 aromatic rings. The molecule has 7 heteroatoms. The van der Waals surface area contributed by atoms with E-state index < -0.39 is 5.69 Å². The highest BCUT2D eigenvalue weighted by Crippen LogP contribution is 2.42. The van der Waals surface area contributed by atoms with Crippen molar-refractivity contribution in [1.29, 1.82) is 0 Å². The molecule has 2 N–H and O–H groups in total. The Morgan fingerprint density at radius 2 is 2.08 bits per heavy atom. The molecule has 1 heterocycles. The molecule has 3 rings (SSSR count). The Hall–Kier alpha value is -2.05. The lowest BCUT2D eigenvalue weighted by molar-refractivity contribution is -0.123. The van der Waals surface area contributed by atoms with Gasteiger partial charge < -0.3 is 14.8 Å². The molecule has 1 aromatic heterocycles. The van der Waals surface area contributed by atoms with Gasteiger partial charge in [0, 0.05) is 6.54 Å². The van der Waals surface area contributed by atoms with Crippen molar-refractivity contribution in [3.05, 3.63) is 16.6 Å². The van der Waals surface area contributed by atoms with E-state index in [0.29, 0.717) is 12.5 Å². The van der Waals surface area contributed by atoms with Gasteiger partial charge in [0.15, 0.2) is 12.5 Å². The summed E-state index contributed by atoms with van der Waals surface area (Å²) in [5.41, 5.74) is -0.571. The third kappa shape index (κ3) is 4.49. The molecule has 2 fully saturated rings. The van der Waals surface area contributed by atoms with Gasteiger partial charge in [-0.05, 0) is 37.0 Å². The second-order valence-corrected chi connectivity index (χ2v) is 6.92. The first kappa shape index (κ1) is 16.8. The Balaban J connectivity index is 1.43. The number of methoxy groups -OCH3 is 1. The van der Waals surface area contributed by atoms with Gasteiger partial charge in [-0.2, -0.15) is 4.98 Å². The van der Waals surface area contributed by atoms with Gasteiger partial charge in [0.05, 0.1) is 13.2 Å². The minimum absolute atomic E-state index is 0.0814. The van der Waals surface area contributed by atoms with Crippen molar-refractivity contribution in [3.8, 4) is 11.8 Å². The average Bonchev–Trinajstić information content (AvgIpc) is 2.57. The van der Waals surface area contributed by atoms with E-state index in [2.05, 4.69) is 15.3 Å². The minimum atomic E-state index is -0.571. The van der Waals surface area contributed by atoms with E-state index in [9.17, 15) is 9.59 Å². The number of carbonyl (C=O) groups is 1. The second kappa shape index (κ2) is 7.68. The number of aromatic nitrogens is 2. The van der Waals surface area contributed by atoms with Gasteiger partial charge in [-0.15, -0.1) is 0 Å². The SMILES string of the molecule is COc1cc(OCC(=O)NCC2CC3CCCC(C3)C2)nc(=O)[nH]1. The van der Waals surface area contributed by atoms with Crippen LogP contribution < -0.4 is 20.5 Å². The highest BCUT2D eigenvalue weighted by Gasteiger charge is 2.31. The molecule has 2 atom stereocenters. The van der Waals surface area contributed by atoms with Crippen LogP contribution in [-0.2, 0) is 4.79 Å². The van der Waals surface area contributed by atoms with Crippen molar-refractivity contribution in [2.45, 2.75) is 38.5 Å². The Morgan fingerprint density at radius 1 is 1.33 bits per heavy atom. The molecular formula is C17H25N3O4. The topological polar surface area (TPSA) is 93.3 Å². The summed E-state index contributed by atoms with van der Waals surface area (Å²) in [6, 6.07) is 1.44. The summed E-state index contributed by atoms with van der Waals surface area (Å²) in [5, 5.41) is 2.95. The number of hydrogen-bond donors (Lipinski definition) is 2. The van der Waals surface area contributed by atoms with E-state index in [-0.39, 0.29) is 24.3 Å². The van der Waals surface area contributed by atoms with Crippen LogP contribution in [0.5, 0.6) is 11.8 Å². The standard InChI is InChI=1S/C17H25N3O4/c1-23-15-8-16(20-17(22)19-15)24-10-14(21)18-9-13-6-11-3-2-4-12(5-11)7-13/h8,11-13H,2-7,9-10H2,1H3,(H,18,21)(H,19,20,22). The Kier molecular flexibility index (Phi) is 5.37. The van der Waals surface area contributed by atoms with Gasteiger partial charge in [-0.1, -0.05) is 19.3 Å². The Labute approximate surface area is 141 Å². The fourth-order valence-electron chi connectivity index (χ4n) is 4.08. The van der Waals surface area contributed by atoms with Gasteiger partial charge in [-0.3, -0.25) is 9.78 Å². The number of H-pyrrole nitrogens is 1. The minimum Gasteiger partial charge on any atom is -0.482 e. The van der Waals surface area contributed by atoms with Crippen LogP contribution in [0.2, 0.25) is 0 Å². The summed E-state index contributed by atoms with van der Waals surface area (Å²) in [5.74, 6) is 2.42. The van der Waals surface area contributed by atoms with Crippen LogP contribution in [-0.4, -0.2) is 36.1 Å². The fraction of sp³-hybridized carbons (Fsp3) is 0.706. The number of nitrogens with one attached hydrogen (secondary N) is 2. The summed E-state index contributed by atoms with van der Waals surface area (Å²) in [7, 11) is 1.43. The number of hydrogen-bond acceptors (Lipinski definition) is 5. The number of aromatic amines is 1. The molecule has 2 aliphatic carbocycles. The van der Waals surface area contributed by atoms with E-state index in [1.807, 2.05) is 0 Å². The Morgan fingerprint density at radius 3 is 2.79 bits per heavy atom. The van der Waals surface area contributed by atoms with Crippen molar-refractivity contribution < 1.29 is 14.3 Å². The molecule has 2 saturated carbocycles. The normalized spacial score (nSPS) is 25.8. The zero-order valence-electron chi connectivity index (χ0n) is 14.0. The highest BCUT2D eigenvalue weighted by atomic mass is 16.5. The molecule has 0 spiro atoms. The van der Waals surface area contributed by atoms with E-state index in [4.69, 9.17) is 9.47 Å². The van der Waals surface area contributed by atoms with Crippen LogP contribution in [0.1, 0.15) is 38.5 Å². The monoisotopic (exact) mass is 335 g/mol. The lowest BCUT2D eigenvalue weighted by Crippen LogP contribution is -2.37. The van der Waals surface area contributed by atoms with Gasteiger partial charge >= 0.3 is 5.69 Å². The van der Waals surface area contributed by atoms with E-state index in [0.717, 1.165) is 11.8 Å². The second-order valence-electron chi connectivity index (χ2n) is 6.92. The lowest BCUT2D eigenvalue weighted by Gasteiger charge is -2.39. The van der Waals surface area contributed by atoms with E-state index in [1.165, 1.54) is 51.7 Å². The molecule has 1 amide bonds. The number of carbonyl (C=O) groups excluding carboxylic acids is 1. The van der Waals surface area contributed by atoms with Gasteiger partial charge in [0.2, 0.25) is 5.88 Å². The Bertz CT molecular complexity index is 619. The van der Waals surface area contributed by atoms with Crippen molar-refractivity contribution >= 4 is 5.91 Å². The van der Waals surface area contributed by atoms with Crippen LogP contribution in [0, 0.1) is 17.8 Å². The summed E-state index contributed by atoms with van der Waals surface area (Å²) in [6.07, 6.45) is 7.90. The van der Waals surface area contributed by atoms with Crippen molar-refractivity contribution in [1.82, 2.24) is 15.3 Å². The van der Waals surface area contributed by atoms with E-state index >= 15 is 0 Å². The summed E-state index contributed by atoms with van der Waals surface area (Å²) < 4.78 is 10.2. The largest absolute Gasteiger partial charge is 0.482 e. The van der Waals surface area contributed by atoms with Gasteiger partial charge in [0.1, 0.15) is 0 Å². The first-order valence-electron chi connectivity index (χ1n) is 8.67.